The molecule has 1 heterocycles. The topological polar surface area (TPSA) is 52.8 Å². The van der Waals surface area contributed by atoms with E-state index in [1.54, 1.807) is 13.3 Å². The average Bonchev–Trinajstić information content (AvgIpc) is 2.99. The van der Waals surface area contributed by atoms with Gasteiger partial charge in [-0.25, -0.2) is 0 Å². The molecule has 0 aliphatic carbocycles. The van der Waals surface area contributed by atoms with Crippen molar-refractivity contribution < 1.29 is 4.42 Å². The summed E-state index contributed by atoms with van der Waals surface area (Å²) in [6.07, 6.45) is 4.09. The SMILES string of the molecule is CCC(CC)CNC(=NC)NCC(c1ccco1)N(C)C. The van der Waals surface area contributed by atoms with Gasteiger partial charge in [-0.05, 0) is 32.1 Å². The number of hydrogen-bond acceptors (Lipinski definition) is 3. The Labute approximate surface area is 128 Å². The Balaban J connectivity index is 2.49. The van der Waals surface area contributed by atoms with Gasteiger partial charge in [0.15, 0.2) is 5.96 Å². The number of aliphatic imine (C=N–C) groups is 1. The van der Waals surface area contributed by atoms with Gasteiger partial charge >= 0.3 is 0 Å². The van der Waals surface area contributed by atoms with Gasteiger partial charge in [0, 0.05) is 20.1 Å². The lowest BCUT2D eigenvalue weighted by atomic mass is 10.0. The van der Waals surface area contributed by atoms with E-state index in [1.807, 2.05) is 12.1 Å². The van der Waals surface area contributed by atoms with Gasteiger partial charge in [0.25, 0.3) is 0 Å². The van der Waals surface area contributed by atoms with Crippen molar-refractivity contribution in [3.63, 3.8) is 0 Å². The van der Waals surface area contributed by atoms with Gasteiger partial charge in [0.05, 0.1) is 12.3 Å². The highest BCUT2D eigenvalue weighted by molar-refractivity contribution is 5.79. The van der Waals surface area contributed by atoms with Crippen LogP contribution in [0.5, 0.6) is 0 Å². The van der Waals surface area contributed by atoms with Crippen LogP contribution in [0.25, 0.3) is 0 Å². The van der Waals surface area contributed by atoms with Crippen molar-refractivity contribution in [1.82, 2.24) is 15.5 Å². The van der Waals surface area contributed by atoms with Crippen molar-refractivity contribution in [3.05, 3.63) is 24.2 Å². The fourth-order valence-corrected chi connectivity index (χ4v) is 2.25. The number of hydrogen-bond donors (Lipinski definition) is 2. The number of rotatable bonds is 8. The first-order chi connectivity index (χ1) is 10.1. The molecule has 2 N–H and O–H groups in total. The molecule has 5 heteroatoms. The van der Waals surface area contributed by atoms with Crippen molar-refractivity contribution >= 4 is 5.96 Å². The maximum atomic E-state index is 5.51. The van der Waals surface area contributed by atoms with Crippen LogP contribution >= 0.6 is 0 Å². The number of likely N-dealkylation sites (N-methyl/N-ethyl adjacent to an activating group) is 1. The van der Waals surface area contributed by atoms with Gasteiger partial charge in [0.2, 0.25) is 0 Å². The first-order valence-corrected chi connectivity index (χ1v) is 7.76. The van der Waals surface area contributed by atoms with E-state index < -0.39 is 0 Å². The Hall–Kier alpha value is -1.49. The summed E-state index contributed by atoms with van der Waals surface area (Å²) in [6.45, 7) is 6.17. The second-order valence-corrected chi connectivity index (χ2v) is 5.51. The van der Waals surface area contributed by atoms with Gasteiger partial charge in [-0.1, -0.05) is 26.7 Å². The van der Waals surface area contributed by atoms with Gasteiger partial charge in [-0.15, -0.1) is 0 Å². The molecule has 5 nitrogen and oxygen atoms in total. The zero-order valence-corrected chi connectivity index (χ0v) is 14.0. The standard InChI is InChI=1S/C16H30N4O/c1-6-13(7-2)11-18-16(17-3)19-12-14(20(4)5)15-9-8-10-21-15/h8-10,13-14H,6-7,11-12H2,1-5H3,(H2,17,18,19). The lowest BCUT2D eigenvalue weighted by Crippen LogP contribution is -2.43. The van der Waals surface area contributed by atoms with Crippen molar-refractivity contribution in [2.75, 3.05) is 34.2 Å². The van der Waals surface area contributed by atoms with E-state index in [4.69, 9.17) is 4.42 Å². The van der Waals surface area contributed by atoms with Crippen LogP contribution in [0.3, 0.4) is 0 Å². The second-order valence-electron chi connectivity index (χ2n) is 5.51. The van der Waals surface area contributed by atoms with Gasteiger partial charge in [-0.3, -0.25) is 9.89 Å². The Kier molecular flexibility index (Phi) is 7.90. The summed E-state index contributed by atoms with van der Waals surface area (Å²) in [7, 11) is 5.91. The molecule has 0 amide bonds. The molecule has 21 heavy (non-hydrogen) atoms. The molecule has 1 atom stereocenters. The van der Waals surface area contributed by atoms with E-state index in [2.05, 4.69) is 48.5 Å². The molecule has 0 spiro atoms. The van der Waals surface area contributed by atoms with Crippen LogP contribution in [-0.4, -0.2) is 45.1 Å². The summed E-state index contributed by atoms with van der Waals surface area (Å²) in [5.41, 5.74) is 0. The van der Waals surface area contributed by atoms with Crippen molar-refractivity contribution in [1.29, 1.82) is 0 Å². The molecule has 0 aromatic carbocycles. The van der Waals surface area contributed by atoms with Crippen LogP contribution in [-0.2, 0) is 0 Å². The number of nitrogens with zero attached hydrogens (tertiary/aromatic N) is 2. The Morgan fingerprint density at radius 3 is 2.38 bits per heavy atom. The van der Waals surface area contributed by atoms with Crippen LogP contribution in [0.15, 0.2) is 27.8 Å². The summed E-state index contributed by atoms with van der Waals surface area (Å²) in [5.74, 6) is 2.50. The Morgan fingerprint density at radius 1 is 1.24 bits per heavy atom. The monoisotopic (exact) mass is 294 g/mol. The third-order valence-corrected chi connectivity index (χ3v) is 3.89. The molecule has 120 valence electrons. The first kappa shape index (κ1) is 17.6. The minimum absolute atomic E-state index is 0.187. The van der Waals surface area contributed by atoms with Crippen LogP contribution < -0.4 is 10.6 Å². The van der Waals surface area contributed by atoms with E-state index in [0.29, 0.717) is 5.92 Å². The highest BCUT2D eigenvalue weighted by Crippen LogP contribution is 2.17. The molecule has 0 saturated heterocycles. The van der Waals surface area contributed by atoms with Crippen molar-refractivity contribution in [2.24, 2.45) is 10.9 Å². The Bertz CT molecular complexity index is 396. The smallest absolute Gasteiger partial charge is 0.191 e. The summed E-state index contributed by atoms with van der Waals surface area (Å²) < 4.78 is 5.51. The van der Waals surface area contributed by atoms with E-state index in [-0.39, 0.29) is 6.04 Å². The molecule has 0 bridgehead atoms. The number of guanidine groups is 1. The molecule has 1 aromatic rings. The molecule has 1 rings (SSSR count). The molecule has 1 aromatic heterocycles. The fraction of sp³-hybridized carbons (Fsp3) is 0.688. The molecule has 0 aliphatic heterocycles. The van der Waals surface area contributed by atoms with Gasteiger partial charge < -0.3 is 15.1 Å². The second kappa shape index (κ2) is 9.45. The minimum atomic E-state index is 0.187. The highest BCUT2D eigenvalue weighted by atomic mass is 16.3. The van der Waals surface area contributed by atoms with Crippen molar-refractivity contribution in [3.8, 4) is 0 Å². The maximum absolute atomic E-state index is 5.51. The van der Waals surface area contributed by atoms with Crippen LogP contribution in [0.4, 0.5) is 0 Å². The highest BCUT2D eigenvalue weighted by Gasteiger charge is 2.17. The van der Waals surface area contributed by atoms with Gasteiger partial charge in [-0.2, -0.15) is 0 Å². The summed E-state index contributed by atoms with van der Waals surface area (Å²) in [4.78, 5) is 6.43. The molecule has 1 unspecified atom stereocenters. The zero-order chi connectivity index (χ0) is 15.7. The predicted molar refractivity (Wildman–Crippen MR) is 88.6 cm³/mol. The normalized spacial score (nSPS) is 13.8. The minimum Gasteiger partial charge on any atom is -0.468 e. The molecule has 0 fully saturated rings. The fourth-order valence-electron chi connectivity index (χ4n) is 2.25. The number of furan rings is 1. The molecule has 0 aliphatic rings. The third kappa shape index (κ3) is 5.79. The van der Waals surface area contributed by atoms with E-state index >= 15 is 0 Å². The lowest BCUT2D eigenvalue weighted by Gasteiger charge is -2.24. The summed E-state index contributed by atoms with van der Waals surface area (Å²) in [6, 6.07) is 4.12. The van der Waals surface area contributed by atoms with Crippen LogP contribution in [0, 0.1) is 5.92 Å². The first-order valence-electron chi connectivity index (χ1n) is 7.76. The predicted octanol–water partition coefficient (Wildman–Crippen LogP) is 2.48. The zero-order valence-electron chi connectivity index (χ0n) is 14.0. The third-order valence-electron chi connectivity index (χ3n) is 3.89. The largest absolute Gasteiger partial charge is 0.468 e. The molecular formula is C16H30N4O. The summed E-state index contributed by atoms with van der Waals surface area (Å²) in [5, 5.41) is 6.78. The van der Waals surface area contributed by atoms with E-state index in [9.17, 15) is 0 Å². The number of nitrogens with one attached hydrogen (secondary N) is 2. The van der Waals surface area contributed by atoms with Crippen molar-refractivity contribution in [2.45, 2.75) is 32.7 Å². The molecular weight excluding hydrogens is 264 g/mol. The molecule has 0 saturated carbocycles. The van der Waals surface area contributed by atoms with Crippen LogP contribution in [0.2, 0.25) is 0 Å². The van der Waals surface area contributed by atoms with Crippen LogP contribution in [0.1, 0.15) is 38.5 Å². The maximum Gasteiger partial charge on any atom is 0.191 e. The molecule has 0 radical (unpaired) electrons. The quantitative estimate of drug-likeness (QED) is 0.571. The van der Waals surface area contributed by atoms with E-state index in [0.717, 1.165) is 24.8 Å². The van der Waals surface area contributed by atoms with E-state index in [1.165, 1.54) is 12.8 Å². The average molecular weight is 294 g/mol. The lowest BCUT2D eigenvalue weighted by molar-refractivity contribution is 0.258. The van der Waals surface area contributed by atoms with Gasteiger partial charge in [0.1, 0.15) is 5.76 Å². The Morgan fingerprint density at radius 2 is 1.90 bits per heavy atom. The summed E-state index contributed by atoms with van der Waals surface area (Å²) >= 11 is 0.